The van der Waals surface area contributed by atoms with Gasteiger partial charge in [0.15, 0.2) is 5.78 Å². The SMILES string of the molecule is O=C(Cc1ccc(Sc2ccccc2)cc1)CN1CCN(Cc2ccccc2)CC1. The van der Waals surface area contributed by atoms with Crippen LogP contribution in [0.2, 0.25) is 0 Å². The van der Waals surface area contributed by atoms with Gasteiger partial charge in [0.05, 0.1) is 6.54 Å². The third-order valence-corrected chi connectivity index (χ3v) is 6.43. The molecule has 30 heavy (non-hydrogen) atoms. The fourth-order valence-electron chi connectivity index (χ4n) is 3.78. The van der Waals surface area contributed by atoms with Crippen molar-refractivity contribution in [3.8, 4) is 0 Å². The minimum Gasteiger partial charge on any atom is -0.298 e. The van der Waals surface area contributed by atoms with Crippen LogP contribution in [0.1, 0.15) is 11.1 Å². The topological polar surface area (TPSA) is 23.6 Å². The summed E-state index contributed by atoms with van der Waals surface area (Å²) in [5.74, 6) is 0.301. The lowest BCUT2D eigenvalue weighted by molar-refractivity contribution is -0.120. The average molecular weight is 417 g/mol. The van der Waals surface area contributed by atoms with E-state index in [0.29, 0.717) is 18.7 Å². The van der Waals surface area contributed by atoms with Gasteiger partial charge < -0.3 is 0 Å². The van der Waals surface area contributed by atoms with E-state index in [1.54, 1.807) is 11.8 Å². The molecule has 0 saturated carbocycles. The van der Waals surface area contributed by atoms with Gasteiger partial charge in [-0.05, 0) is 35.4 Å². The summed E-state index contributed by atoms with van der Waals surface area (Å²) in [5, 5.41) is 0. The first kappa shape index (κ1) is 20.9. The molecular weight excluding hydrogens is 388 g/mol. The van der Waals surface area contributed by atoms with E-state index in [9.17, 15) is 4.79 Å². The molecule has 0 spiro atoms. The largest absolute Gasteiger partial charge is 0.298 e. The van der Waals surface area contributed by atoms with Crippen LogP contribution in [0.5, 0.6) is 0 Å². The van der Waals surface area contributed by atoms with E-state index in [0.717, 1.165) is 38.3 Å². The van der Waals surface area contributed by atoms with Gasteiger partial charge in [-0.2, -0.15) is 0 Å². The number of carbonyl (C=O) groups excluding carboxylic acids is 1. The molecule has 0 amide bonds. The molecule has 3 nitrogen and oxygen atoms in total. The van der Waals surface area contributed by atoms with Crippen LogP contribution in [0.25, 0.3) is 0 Å². The molecule has 1 aliphatic heterocycles. The van der Waals surface area contributed by atoms with Gasteiger partial charge in [-0.1, -0.05) is 72.4 Å². The molecule has 154 valence electrons. The van der Waals surface area contributed by atoms with Gasteiger partial charge in [0.2, 0.25) is 0 Å². The van der Waals surface area contributed by atoms with E-state index < -0.39 is 0 Å². The third-order valence-electron chi connectivity index (χ3n) is 5.42. The lowest BCUT2D eigenvalue weighted by atomic mass is 10.1. The Balaban J connectivity index is 1.20. The summed E-state index contributed by atoms with van der Waals surface area (Å²) in [4.78, 5) is 19.8. The fourth-order valence-corrected chi connectivity index (χ4v) is 4.62. The first-order chi connectivity index (χ1) is 14.7. The number of ketones is 1. The number of piperazine rings is 1. The second-order valence-corrected chi connectivity index (χ2v) is 8.96. The monoisotopic (exact) mass is 416 g/mol. The van der Waals surface area contributed by atoms with Crippen molar-refractivity contribution < 1.29 is 4.79 Å². The number of Topliss-reactive ketones (excluding diaryl/α,β-unsaturated/α-hetero) is 1. The molecule has 0 atom stereocenters. The van der Waals surface area contributed by atoms with E-state index in [1.165, 1.54) is 15.4 Å². The Morgan fingerprint density at radius 3 is 1.90 bits per heavy atom. The van der Waals surface area contributed by atoms with Gasteiger partial charge in [-0.15, -0.1) is 0 Å². The lowest BCUT2D eigenvalue weighted by Crippen LogP contribution is -2.47. The molecule has 4 heteroatoms. The van der Waals surface area contributed by atoms with E-state index in [4.69, 9.17) is 0 Å². The van der Waals surface area contributed by atoms with Crippen LogP contribution in [-0.2, 0) is 17.8 Å². The van der Waals surface area contributed by atoms with Crippen molar-refractivity contribution in [3.63, 3.8) is 0 Å². The average Bonchev–Trinajstić information content (AvgIpc) is 2.78. The minimum absolute atomic E-state index is 0.301. The molecule has 0 N–H and O–H groups in total. The van der Waals surface area contributed by atoms with Crippen molar-refractivity contribution in [2.24, 2.45) is 0 Å². The fraction of sp³-hybridized carbons (Fsp3) is 0.269. The first-order valence-electron chi connectivity index (χ1n) is 10.6. The second kappa shape index (κ2) is 10.6. The molecular formula is C26H28N2OS. The molecule has 1 aliphatic rings. The standard InChI is InChI=1S/C26H28N2OS/c29-24(19-22-11-13-26(14-12-22)30-25-9-5-2-6-10-25)21-28-17-15-27(16-18-28)20-23-7-3-1-4-8-23/h1-14H,15-21H2. The quantitative estimate of drug-likeness (QED) is 0.528. The molecule has 1 heterocycles. The highest BCUT2D eigenvalue weighted by Gasteiger charge is 2.19. The van der Waals surface area contributed by atoms with Gasteiger partial charge in [-0.3, -0.25) is 14.6 Å². The predicted octanol–water partition coefficient (Wildman–Crippen LogP) is 4.77. The Bertz CT molecular complexity index is 920. The van der Waals surface area contributed by atoms with E-state index in [-0.39, 0.29) is 0 Å². The van der Waals surface area contributed by atoms with Crippen molar-refractivity contribution in [3.05, 3.63) is 96.1 Å². The molecule has 3 aromatic rings. The summed E-state index contributed by atoms with van der Waals surface area (Å²) in [6.45, 7) is 5.52. The van der Waals surface area contributed by atoms with Gasteiger partial charge in [-0.25, -0.2) is 0 Å². The van der Waals surface area contributed by atoms with Gasteiger partial charge in [0.1, 0.15) is 0 Å². The Labute approximate surface area is 183 Å². The van der Waals surface area contributed by atoms with Crippen LogP contribution in [0, 0.1) is 0 Å². The molecule has 0 radical (unpaired) electrons. The van der Waals surface area contributed by atoms with E-state index >= 15 is 0 Å². The molecule has 0 bridgehead atoms. The zero-order valence-electron chi connectivity index (χ0n) is 17.2. The zero-order chi connectivity index (χ0) is 20.6. The van der Waals surface area contributed by atoms with E-state index in [1.807, 2.05) is 6.07 Å². The van der Waals surface area contributed by atoms with Gasteiger partial charge in [0, 0.05) is 48.9 Å². The van der Waals surface area contributed by atoms with Crippen molar-refractivity contribution in [1.82, 2.24) is 9.80 Å². The van der Waals surface area contributed by atoms with Crippen LogP contribution in [0.3, 0.4) is 0 Å². The predicted molar refractivity (Wildman–Crippen MR) is 124 cm³/mol. The number of carbonyl (C=O) groups is 1. The number of benzene rings is 3. The summed E-state index contributed by atoms with van der Waals surface area (Å²) in [6, 6.07) is 29.4. The summed E-state index contributed by atoms with van der Waals surface area (Å²) in [5.41, 5.74) is 2.45. The number of nitrogens with zero attached hydrogens (tertiary/aromatic N) is 2. The molecule has 3 aromatic carbocycles. The van der Waals surface area contributed by atoms with Crippen LogP contribution in [0.4, 0.5) is 0 Å². The number of rotatable bonds is 8. The van der Waals surface area contributed by atoms with Crippen molar-refractivity contribution in [1.29, 1.82) is 0 Å². The Morgan fingerprint density at radius 1 is 0.667 bits per heavy atom. The maximum absolute atomic E-state index is 12.6. The molecule has 0 unspecified atom stereocenters. The number of hydrogen-bond acceptors (Lipinski definition) is 4. The lowest BCUT2D eigenvalue weighted by Gasteiger charge is -2.34. The highest BCUT2D eigenvalue weighted by molar-refractivity contribution is 7.99. The summed E-state index contributed by atoms with van der Waals surface area (Å²) >= 11 is 1.75. The van der Waals surface area contributed by atoms with Crippen LogP contribution in [-0.4, -0.2) is 48.3 Å². The normalized spacial score (nSPS) is 15.2. The van der Waals surface area contributed by atoms with Crippen molar-refractivity contribution in [2.45, 2.75) is 22.8 Å². The molecule has 0 aromatic heterocycles. The van der Waals surface area contributed by atoms with Crippen molar-refractivity contribution >= 4 is 17.5 Å². The van der Waals surface area contributed by atoms with E-state index in [2.05, 4.69) is 88.7 Å². The van der Waals surface area contributed by atoms with Crippen LogP contribution < -0.4 is 0 Å². The molecule has 0 aliphatic carbocycles. The third kappa shape index (κ3) is 6.30. The second-order valence-electron chi connectivity index (χ2n) is 7.81. The summed E-state index contributed by atoms with van der Waals surface area (Å²) in [7, 11) is 0. The van der Waals surface area contributed by atoms with Crippen LogP contribution >= 0.6 is 11.8 Å². The Kier molecular flexibility index (Phi) is 7.35. The summed E-state index contributed by atoms with van der Waals surface area (Å²) < 4.78 is 0. The Hall–Kier alpha value is -2.40. The Morgan fingerprint density at radius 2 is 1.23 bits per heavy atom. The van der Waals surface area contributed by atoms with Gasteiger partial charge in [0.25, 0.3) is 0 Å². The van der Waals surface area contributed by atoms with Gasteiger partial charge >= 0.3 is 0 Å². The first-order valence-corrected chi connectivity index (χ1v) is 11.4. The summed E-state index contributed by atoms with van der Waals surface area (Å²) in [6.07, 6.45) is 0.514. The molecule has 1 fully saturated rings. The van der Waals surface area contributed by atoms with Crippen molar-refractivity contribution in [2.75, 3.05) is 32.7 Å². The number of hydrogen-bond donors (Lipinski definition) is 0. The molecule has 4 rings (SSSR count). The smallest absolute Gasteiger partial charge is 0.151 e. The molecule has 1 saturated heterocycles. The highest BCUT2D eigenvalue weighted by Crippen LogP contribution is 2.27. The van der Waals surface area contributed by atoms with Crippen LogP contribution in [0.15, 0.2) is 94.7 Å². The maximum Gasteiger partial charge on any atom is 0.151 e. The highest BCUT2D eigenvalue weighted by atomic mass is 32.2. The minimum atomic E-state index is 0.301. The maximum atomic E-state index is 12.6. The zero-order valence-corrected chi connectivity index (χ0v) is 18.1.